The van der Waals surface area contributed by atoms with Crippen LogP contribution in [0.2, 0.25) is 0 Å². The normalized spacial score (nSPS) is 11.2. The van der Waals surface area contributed by atoms with E-state index >= 15 is 0 Å². The van der Waals surface area contributed by atoms with Gasteiger partial charge in [-0.1, -0.05) is 50.2 Å². The molecule has 0 N–H and O–H groups in total. The van der Waals surface area contributed by atoms with Crippen LogP contribution < -0.4 is 4.90 Å². The van der Waals surface area contributed by atoms with Crippen LogP contribution in [0.1, 0.15) is 20.3 Å². The van der Waals surface area contributed by atoms with Crippen LogP contribution in [0.15, 0.2) is 66.7 Å². The van der Waals surface area contributed by atoms with Crippen molar-refractivity contribution in [3.05, 3.63) is 66.7 Å². The highest BCUT2D eigenvalue weighted by Crippen LogP contribution is 2.25. The van der Waals surface area contributed by atoms with Crippen molar-refractivity contribution in [3.8, 4) is 0 Å². The number of nitrogens with zero attached hydrogens (tertiary/aromatic N) is 3. The Morgan fingerprint density at radius 3 is 2.24 bits per heavy atom. The zero-order valence-corrected chi connectivity index (χ0v) is 15.2. The third kappa shape index (κ3) is 4.37. The molecule has 0 saturated carbocycles. The van der Waals surface area contributed by atoms with E-state index in [0.717, 1.165) is 43.9 Å². The minimum absolute atomic E-state index is 0.964. The summed E-state index contributed by atoms with van der Waals surface area (Å²) < 4.78 is 0. The van der Waals surface area contributed by atoms with Crippen LogP contribution in [0, 0.1) is 0 Å². The van der Waals surface area contributed by atoms with Crippen molar-refractivity contribution in [2.75, 3.05) is 31.1 Å². The molecule has 3 heteroatoms. The number of hydrogen-bond donors (Lipinski definition) is 0. The van der Waals surface area contributed by atoms with Crippen LogP contribution in [0.5, 0.6) is 0 Å². The van der Waals surface area contributed by atoms with E-state index in [1.807, 2.05) is 6.07 Å². The number of pyridine rings is 1. The first-order valence-electron chi connectivity index (χ1n) is 9.22. The van der Waals surface area contributed by atoms with Gasteiger partial charge < -0.3 is 9.80 Å². The molecule has 0 saturated heterocycles. The first-order valence-corrected chi connectivity index (χ1v) is 9.22. The van der Waals surface area contributed by atoms with E-state index in [-0.39, 0.29) is 0 Å². The largest absolute Gasteiger partial charge is 0.326 e. The first-order chi connectivity index (χ1) is 12.3. The summed E-state index contributed by atoms with van der Waals surface area (Å²) in [5, 5.41) is 1.18. The van der Waals surface area contributed by atoms with Crippen LogP contribution in [-0.2, 0) is 0 Å². The van der Waals surface area contributed by atoms with Gasteiger partial charge in [0.15, 0.2) is 0 Å². The van der Waals surface area contributed by atoms with Crippen LogP contribution >= 0.6 is 0 Å². The monoisotopic (exact) mass is 333 g/mol. The molecule has 0 atom stereocenters. The molecule has 2 aromatic carbocycles. The van der Waals surface area contributed by atoms with Crippen molar-refractivity contribution >= 4 is 22.4 Å². The summed E-state index contributed by atoms with van der Waals surface area (Å²) in [4.78, 5) is 9.70. The summed E-state index contributed by atoms with van der Waals surface area (Å²) in [5.74, 6) is 1.02. The van der Waals surface area contributed by atoms with Crippen LogP contribution in [0.25, 0.3) is 10.9 Å². The quantitative estimate of drug-likeness (QED) is 0.571. The van der Waals surface area contributed by atoms with Gasteiger partial charge in [-0.3, -0.25) is 0 Å². The fourth-order valence-corrected chi connectivity index (χ4v) is 3.18. The van der Waals surface area contributed by atoms with Gasteiger partial charge in [0.2, 0.25) is 0 Å². The Morgan fingerprint density at radius 2 is 1.48 bits per heavy atom. The number of fused-ring (bicyclic) bond motifs is 1. The third-order valence-electron chi connectivity index (χ3n) is 4.68. The number of rotatable bonds is 8. The van der Waals surface area contributed by atoms with Crippen molar-refractivity contribution < 1.29 is 0 Å². The summed E-state index contributed by atoms with van der Waals surface area (Å²) in [6, 6.07) is 23.2. The number of hydrogen-bond acceptors (Lipinski definition) is 3. The fraction of sp³-hybridized carbons (Fsp3) is 0.318. The number of benzene rings is 2. The van der Waals surface area contributed by atoms with E-state index in [9.17, 15) is 0 Å². The summed E-state index contributed by atoms with van der Waals surface area (Å²) in [6.45, 7) is 8.74. The maximum atomic E-state index is 4.90. The van der Waals surface area contributed by atoms with Gasteiger partial charge in [-0.2, -0.15) is 0 Å². The fourth-order valence-electron chi connectivity index (χ4n) is 3.18. The van der Waals surface area contributed by atoms with E-state index in [4.69, 9.17) is 4.98 Å². The summed E-state index contributed by atoms with van der Waals surface area (Å²) in [6.07, 6.45) is 1.12. The van der Waals surface area contributed by atoms with E-state index in [2.05, 4.69) is 84.3 Å². The van der Waals surface area contributed by atoms with Crippen LogP contribution in [0.3, 0.4) is 0 Å². The Balaban J connectivity index is 1.84. The topological polar surface area (TPSA) is 19.4 Å². The van der Waals surface area contributed by atoms with Gasteiger partial charge in [-0.15, -0.1) is 0 Å². The molecular formula is C22H27N3. The second-order valence-electron chi connectivity index (χ2n) is 6.23. The maximum absolute atomic E-state index is 4.90. The molecule has 0 spiro atoms. The van der Waals surface area contributed by atoms with Crippen LogP contribution in [-0.4, -0.2) is 36.1 Å². The highest BCUT2D eigenvalue weighted by molar-refractivity contribution is 5.81. The molecule has 0 aliphatic carbocycles. The van der Waals surface area contributed by atoms with E-state index < -0.39 is 0 Å². The van der Waals surface area contributed by atoms with Gasteiger partial charge in [0.25, 0.3) is 0 Å². The minimum Gasteiger partial charge on any atom is -0.326 e. The molecule has 0 amide bonds. The zero-order valence-electron chi connectivity index (χ0n) is 15.2. The Hall–Kier alpha value is -2.39. The average Bonchev–Trinajstić information content (AvgIpc) is 2.68. The second kappa shape index (κ2) is 8.63. The lowest BCUT2D eigenvalue weighted by Gasteiger charge is -2.26. The second-order valence-corrected chi connectivity index (χ2v) is 6.23. The molecule has 0 aliphatic rings. The number of para-hydroxylation sites is 2. The molecule has 0 bridgehead atoms. The Kier molecular flexibility index (Phi) is 6.02. The molecule has 0 radical (unpaired) electrons. The molecule has 0 aliphatic heterocycles. The molecule has 3 rings (SSSR count). The summed E-state index contributed by atoms with van der Waals surface area (Å²) >= 11 is 0. The minimum atomic E-state index is 0.964. The maximum Gasteiger partial charge on any atom is 0.133 e. The highest BCUT2D eigenvalue weighted by Gasteiger charge is 2.11. The van der Waals surface area contributed by atoms with Gasteiger partial charge in [0.05, 0.1) is 5.52 Å². The number of anilines is 2. The number of aromatic nitrogens is 1. The van der Waals surface area contributed by atoms with Gasteiger partial charge in [0.1, 0.15) is 5.82 Å². The standard InChI is InChI=1S/C22H27N3/c1-3-24(4-2)17-10-18-25(20-12-6-5-7-13-20)22-16-15-19-11-8-9-14-21(19)23-22/h5-9,11-16H,3-4,10,17-18H2,1-2H3. The smallest absolute Gasteiger partial charge is 0.133 e. The van der Waals surface area contributed by atoms with Gasteiger partial charge >= 0.3 is 0 Å². The lowest BCUT2D eigenvalue weighted by Crippen LogP contribution is -2.28. The predicted molar refractivity (Wildman–Crippen MR) is 108 cm³/mol. The van der Waals surface area contributed by atoms with Crippen molar-refractivity contribution in [1.82, 2.24) is 9.88 Å². The Morgan fingerprint density at radius 1 is 0.760 bits per heavy atom. The van der Waals surface area contributed by atoms with E-state index in [0.29, 0.717) is 0 Å². The first kappa shape index (κ1) is 17.4. The third-order valence-corrected chi connectivity index (χ3v) is 4.68. The van der Waals surface area contributed by atoms with Crippen molar-refractivity contribution in [2.24, 2.45) is 0 Å². The molecule has 0 fully saturated rings. The molecule has 3 nitrogen and oxygen atoms in total. The molecule has 3 aromatic rings. The average molecular weight is 333 g/mol. The summed E-state index contributed by atoms with van der Waals surface area (Å²) in [5.41, 5.74) is 2.24. The predicted octanol–water partition coefficient (Wildman–Crippen LogP) is 5.10. The molecule has 1 aromatic heterocycles. The lowest BCUT2D eigenvalue weighted by atomic mass is 10.2. The van der Waals surface area contributed by atoms with Gasteiger partial charge in [-0.05, 0) is 56.4 Å². The molecule has 130 valence electrons. The highest BCUT2D eigenvalue weighted by atomic mass is 15.2. The molecule has 0 unspecified atom stereocenters. The zero-order chi connectivity index (χ0) is 17.5. The molecule has 25 heavy (non-hydrogen) atoms. The van der Waals surface area contributed by atoms with E-state index in [1.165, 1.54) is 11.1 Å². The van der Waals surface area contributed by atoms with Gasteiger partial charge in [0, 0.05) is 17.6 Å². The SMILES string of the molecule is CCN(CC)CCCN(c1ccccc1)c1ccc2ccccc2n1. The van der Waals surface area contributed by atoms with Crippen LogP contribution in [0.4, 0.5) is 11.5 Å². The van der Waals surface area contributed by atoms with Gasteiger partial charge in [-0.25, -0.2) is 4.98 Å². The Labute approximate surface area is 150 Å². The molecular weight excluding hydrogens is 306 g/mol. The van der Waals surface area contributed by atoms with Crippen molar-refractivity contribution in [2.45, 2.75) is 20.3 Å². The Bertz CT molecular complexity index is 781. The summed E-state index contributed by atoms with van der Waals surface area (Å²) in [7, 11) is 0. The van der Waals surface area contributed by atoms with Crippen molar-refractivity contribution in [1.29, 1.82) is 0 Å². The van der Waals surface area contributed by atoms with Crippen molar-refractivity contribution in [3.63, 3.8) is 0 Å². The van der Waals surface area contributed by atoms with E-state index in [1.54, 1.807) is 0 Å². The molecule has 1 heterocycles. The lowest BCUT2D eigenvalue weighted by molar-refractivity contribution is 0.301.